The Morgan fingerprint density at radius 3 is 2.31 bits per heavy atom. The summed E-state index contributed by atoms with van der Waals surface area (Å²) < 4.78 is 0. The zero-order chi connectivity index (χ0) is 12.1. The third kappa shape index (κ3) is 3.89. The Morgan fingerprint density at radius 2 is 1.88 bits per heavy atom. The first kappa shape index (κ1) is 13.7. The van der Waals surface area contributed by atoms with E-state index in [1.54, 1.807) is 0 Å². The molecule has 4 heteroatoms. The fourth-order valence-corrected chi connectivity index (χ4v) is 2.55. The quantitative estimate of drug-likeness (QED) is 0.808. The van der Waals surface area contributed by atoms with E-state index in [9.17, 15) is 9.59 Å². The van der Waals surface area contributed by atoms with Crippen molar-refractivity contribution >= 4 is 27.6 Å². The van der Waals surface area contributed by atoms with Gasteiger partial charge >= 0.3 is 0 Å². The number of alkyl halides is 1. The maximum Gasteiger partial charge on any atom is 0.219 e. The van der Waals surface area contributed by atoms with Gasteiger partial charge in [-0.25, -0.2) is 0 Å². The van der Waals surface area contributed by atoms with Crippen molar-refractivity contribution in [1.29, 1.82) is 0 Å². The first-order valence-corrected chi connectivity index (χ1v) is 6.93. The number of ketones is 1. The summed E-state index contributed by atoms with van der Waals surface area (Å²) in [5.74, 6) is 0.605. The smallest absolute Gasteiger partial charge is 0.219 e. The van der Waals surface area contributed by atoms with Crippen LogP contribution >= 0.6 is 15.9 Å². The molecule has 3 nitrogen and oxygen atoms in total. The van der Waals surface area contributed by atoms with Crippen molar-refractivity contribution in [3.8, 4) is 0 Å². The minimum absolute atomic E-state index is 0.0423. The Balaban J connectivity index is 2.34. The van der Waals surface area contributed by atoms with E-state index in [1.807, 2.05) is 13.8 Å². The maximum absolute atomic E-state index is 11.7. The largest absolute Gasteiger partial charge is 0.353 e. The minimum Gasteiger partial charge on any atom is -0.353 e. The second-order valence-electron chi connectivity index (χ2n) is 4.49. The van der Waals surface area contributed by atoms with Crippen LogP contribution in [0.15, 0.2) is 0 Å². The third-order valence-electron chi connectivity index (χ3n) is 3.21. The van der Waals surface area contributed by atoms with E-state index < -0.39 is 0 Å². The summed E-state index contributed by atoms with van der Waals surface area (Å²) >= 11 is 3.32. The van der Waals surface area contributed by atoms with Gasteiger partial charge in [0, 0.05) is 18.4 Å². The van der Waals surface area contributed by atoms with Gasteiger partial charge in [0.15, 0.2) is 0 Å². The Kier molecular flexibility index (Phi) is 5.46. The molecule has 16 heavy (non-hydrogen) atoms. The number of Topliss-reactive ketones (excluding diaryl/α,β-unsaturated/α-hetero) is 1. The highest BCUT2D eigenvalue weighted by molar-refractivity contribution is 9.10. The van der Waals surface area contributed by atoms with Crippen molar-refractivity contribution in [2.24, 2.45) is 5.92 Å². The molecule has 0 saturated heterocycles. The lowest BCUT2D eigenvalue weighted by Gasteiger charge is -2.28. The summed E-state index contributed by atoms with van der Waals surface area (Å²) in [6, 6.07) is 0.280. The summed E-state index contributed by atoms with van der Waals surface area (Å²) in [6.07, 6.45) is 4.22. The van der Waals surface area contributed by atoms with Crippen LogP contribution in [0.5, 0.6) is 0 Å². The average Bonchev–Trinajstić information content (AvgIpc) is 2.28. The van der Waals surface area contributed by atoms with Crippen LogP contribution in [0.1, 0.15) is 46.0 Å². The summed E-state index contributed by atoms with van der Waals surface area (Å²) in [6.45, 7) is 3.74. The lowest BCUT2D eigenvalue weighted by Crippen LogP contribution is -2.39. The molecule has 0 aromatic heterocycles. The zero-order valence-electron chi connectivity index (χ0n) is 9.96. The number of hydrogen-bond acceptors (Lipinski definition) is 2. The Labute approximate surface area is 105 Å². The Morgan fingerprint density at radius 1 is 1.31 bits per heavy atom. The number of nitrogens with one attached hydrogen (secondary N) is 1. The number of halogens is 1. The topological polar surface area (TPSA) is 46.2 Å². The van der Waals surface area contributed by atoms with Crippen molar-refractivity contribution in [2.75, 3.05) is 0 Å². The first-order chi connectivity index (χ1) is 7.54. The molecule has 0 radical (unpaired) electrons. The van der Waals surface area contributed by atoms with Crippen molar-refractivity contribution in [2.45, 2.75) is 56.8 Å². The molecule has 1 unspecified atom stereocenters. The van der Waals surface area contributed by atoms with Gasteiger partial charge in [-0.2, -0.15) is 0 Å². The van der Waals surface area contributed by atoms with Crippen molar-refractivity contribution in [3.05, 3.63) is 0 Å². The molecular formula is C12H20BrNO2. The molecule has 1 fully saturated rings. The predicted octanol–water partition coefficient (Wildman–Crippen LogP) is 2.42. The molecule has 0 heterocycles. The van der Waals surface area contributed by atoms with Crippen LogP contribution in [0, 0.1) is 5.92 Å². The lowest BCUT2D eigenvalue weighted by molar-refractivity contribution is -0.123. The highest BCUT2D eigenvalue weighted by atomic mass is 79.9. The van der Waals surface area contributed by atoms with Gasteiger partial charge in [-0.1, -0.05) is 22.9 Å². The lowest BCUT2D eigenvalue weighted by atomic mass is 9.83. The van der Waals surface area contributed by atoms with E-state index in [4.69, 9.17) is 0 Å². The molecule has 1 amide bonds. The van der Waals surface area contributed by atoms with Crippen LogP contribution in [0.3, 0.4) is 0 Å². The highest BCUT2D eigenvalue weighted by Gasteiger charge is 2.28. The van der Waals surface area contributed by atoms with Gasteiger partial charge in [0.25, 0.3) is 0 Å². The predicted molar refractivity (Wildman–Crippen MR) is 67.6 cm³/mol. The molecule has 1 rings (SSSR count). The zero-order valence-corrected chi connectivity index (χ0v) is 11.5. The fourth-order valence-electron chi connectivity index (χ4n) is 2.18. The molecule has 0 aromatic rings. The van der Waals surface area contributed by atoms with Gasteiger partial charge in [-0.3, -0.25) is 9.59 Å². The number of carbonyl (C=O) groups excluding carboxylic acids is 2. The standard InChI is InChI=1S/C12H20BrNO2/c1-3-11(15)14-10-6-4-9(5-7-10)12(16)8(2)13/h8-10H,3-7H2,1-2H3,(H,14,15). The van der Waals surface area contributed by atoms with Crippen LogP contribution in [-0.2, 0) is 9.59 Å². The van der Waals surface area contributed by atoms with Crippen LogP contribution in [0.25, 0.3) is 0 Å². The average molecular weight is 290 g/mol. The van der Waals surface area contributed by atoms with Gasteiger partial charge < -0.3 is 5.32 Å². The van der Waals surface area contributed by atoms with E-state index in [0.717, 1.165) is 25.7 Å². The summed E-state index contributed by atoms with van der Waals surface area (Å²) in [7, 11) is 0. The third-order valence-corrected chi connectivity index (χ3v) is 3.66. The van der Waals surface area contributed by atoms with Crippen LogP contribution in [0.4, 0.5) is 0 Å². The first-order valence-electron chi connectivity index (χ1n) is 6.01. The molecule has 0 bridgehead atoms. The van der Waals surface area contributed by atoms with E-state index >= 15 is 0 Å². The normalized spacial score (nSPS) is 27.2. The van der Waals surface area contributed by atoms with Gasteiger partial charge in [0.2, 0.25) is 5.91 Å². The molecule has 1 aliphatic rings. The molecular weight excluding hydrogens is 270 g/mol. The van der Waals surface area contributed by atoms with Crippen LogP contribution in [0.2, 0.25) is 0 Å². The van der Waals surface area contributed by atoms with Crippen LogP contribution < -0.4 is 5.32 Å². The molecule has 1 saturated carbocycles. The van der Waals surface area contributed by atoms with Crippen molar-refractivity contribution in [3.63, 3.8) is 0 Å². The summed E-state index contributed by atoms with van der Waals surface area (Å²) in [5.41, 5.74) is 0. The second kappa shape index (κ2) is 6.38. The Bertz CT molecular complexity index is 258. The van der Waals surface area contributed by atoms with E-state index in [1.165, 1.54) is 0 Å². The van der Waals surface area contributed by atoms with E-state index in [-0.39, 0.29) is 22.7 Å². The fraction of sp³-hybridized carbons (Fsp3) is 0.833. The number of rotatable bonds is 4. The Hall–Kier alpha value is -0.380. The van der Waals surface area contributed by atoms with E-state index in [0.29, 0.717) is 12.2 Å². The molecule has 1 N–H and O–H groups in total. The summed E-state index contributed by atoms with van der Waals surface area (Å²) in [5, 5.41) is 3.00. The molecule has 0 aliphatic heterocycles. The van der Waals surface area contributed by atoms with Crippen LogP contribution in [-0.4, -0.2) is 22.6 Å². The maximum atomic E-state index is 11.7. The van der Waals surface area contributed by atoms with Gasteiger partial charge in [0.1, 0.15) is 5.78 Å². The molecule has 1 atom stereocenters. The number of amides is 1. The van der Waals surface area contributed by atoms with Crippen molar-refractivity contribution in [1.82, 2.24) is 5.32 Å². The minimum atomic E-state index is -0.0423. The van der Waals surface area contributed by atoms with Crippen molar-refractivity contribution < 1.29 is 9.59 Å². The second-order valence-corrected chi connectivity index (χ2v) is 5.86. The molecule has 0 aromatic carbocycles. The molecule has 1 aliphatic carbocycles. The monoisotopic (exact) mass is 289 g/mol. The SMILES string of the molecule is CCC(=O)NC1CCC(C(=O)C(C)Br)CC1. The van der Waals surface area contributed by atoms with E-state index in [2.05, 4.69) is 21.2 Å². The number of hydrogen-bond donors (Lipinski definition) is 1. The molecule has 0 spiro atoms. The highest BCUT2D eigenvalue weighted by Crippen LogP contribution is 2.27. The number of carbonyl (C=O) groups is 2. The molecule has 92 valence electrons. The van der Waals surface area contributed by atoms with Gasteiger partial charge in [0.05, 0.1) is 4.83 Å². The summed E-state index contributed by atoms with van der Waals surface area (Å²) in [4.78, 5) is 22.9. The van der Waals surface area contributed by atoms with Gasteiger partial charge in [-0.05, 0) is 32.6 Å². The van der Waals surface area contributed by atoms with Gasteiger partial charge in [-0.15, -0.1) is 0 Å².